The van der Waals surface area contributed by atoms with E-state index in [1.807, 2.05) is 39.0 Å². The van der Waals surface area contributed by atoms with E-state index < -0.39 is 15.6 Å². The molecule has 1 unspecified atom stereocenters. The maximum Gasteiger partial charge on any atom is 0.410 e. The molecule has 0 bridgehead atoms. The van der Waals surface area contributed by atoms with Crippen LogP contribution in [0.1, 0.15) is 51.6 Å². The number of carbonyl (C=O) groups excluding carboxylic acids is 1. The number of nitrogens with zero attached hydrogens (tertiary/aromatic N) is 3. The number of rotatable bonds is 5. The number of aromatic nitrogens is 1. The quantitative estimate of drug-likeness (QED) is 0.682. The Morgan fingerprint density at radius 2 is 1.84 bits per heavy atom. The molecule has 0 aromatic carbocycles. The Hall–Kier alpha value is -2.13. The highest BCUT2D eigenvalue weighted by atomic mass is 32.2. The number of piperidine rings is 1. The lowest BCUT2D eigenvalue weighted by Crippen LogP contribution is -2.42. The number of hydrogen-bond donors (Lipinski definition) is 0. The molecule has 2 aliphatic heterocycles. The first kappa shape index (κ1) is 23.5. The van der Waals surface area contributed by atoms with Crippen LogP contribution in [0.25, 0.3) is 0 Å². The second-order valence-electron chi connectivity index (χ2n) is 9.23. The first-order chi connectivity index (χ1) is 14.5. The summed E-state index contributed by atoms with van der Waals surface area (Å²) in [5.74, 6) is 1.01. The van der Waals surface area contributed by atoms with Gasteiger partial charge in [-0.15, -0.1) is 0 Å². The van der Waals surface area contributed by atoms with E-state index in [1.54, 1.807) is 17.3 Å². The molecule has 0 N–H and O–H groups in total. The van der Waals surface area contributed by atoms with Crippen molar-refractivity contribution in [1.29, 1.82) is 0 Å². The van der Waals surface area contributed by atoms with E-state index in [4.69, 9.17) is 9.47 Å². The Kier molecular flexibility index (Phi) is 7.26. The molecule has 3 heterocycles. The largest absolute Gasteiger partial charge is 0.497 e. The molecule has 8 nitrogen and oxygen atoms in total. The minimum Gasteiger partial charge on any atom is -0.497 e. The average Bonchev–Trinajstić information content (AvgIpc) is 2.71. The van der Waals surface area contributed by atoms with Gasteiger partial charge >= 0.3 is 6.09 Å². The lowest BCUT2D eigenvalue weighted by molar-refractivity contribution is 0.0143. The third-order valence-corrected chi connectivity index (χ3v) is 6.75. The monoisotopic (exact) mass is 451 g/mol. The molecule has 2 aliphatic rings. The molecule has 1 aromatic rings. The summed E-state index contributed by atoms with van der Waals surface area (Å²) in [6, 6.07) is 3.45. The van der Waals surface area contributed by atoms with Gasteiger partial charge in [0, 0.05) is 25.5 Å². The van der Waals surface area contributed by atoms with Gasteiger partial charge in [-0.05, 0) is 69.7 Å². The molecule has 172 valence electrons. The molecule has 31 heavy (non-hydrogen) atoms. The number of amides is 1. The van der Waals surface area contributed by atoms with E-state index in [0.717, 1.165) is 18.4 Å². The van der Waals surface area contributed by atoms with Gasteiger partial charge in [-0.3, -0.25) is 4.98 Å². The zero-order chi connectivity index (χ0) is 22.6. The molecule has 1 fully saturated rings. The summed E-state index contributed by atoms with van der Waals surface area (Å²) in [6.07, 6.45) is 8.53. The smallest absolute Gasteiger partial charge is 0.410 e. The highest BCUT2D eigenvalue weighted by molar-refractivity contribution is 7.88. The maximum absolute atomic E-state index is 12.4. The maximum atomic E-state index is 12.4. The fourth-order valence-electron chi connectivity index (χ4n) is 3.86. The third kappa shape index (κ3) is 6.67. The molecule has 1 saturated heterocycles. The van der Waals surface area contributed by atoms with Crippen LogP contribution in [-0.2, 0) is 19.5 Å². The van der Waals surface area contributed by atoms with Crippen molar-refractivity contribution in [1.82, 2.24) is 14.2 Å². The van der Waals surface area contributed by atoms with Crippen LogP contribution in [0.2, 0.25) is 0 Å². The molecule has 1 atom stereocenters. The standard InChI is InChI=1S/C22H33N3O5S/c1-22(2,3)30-21(26)24-13-9-17(10-14-24)16-29-19-5-6-20(18-7-11-23-12-8-18)25(15-19)31(4,27)28/h5,7-8,11-12,17,20H,6,9-10,13-16H2,1-4H3. The summed E-state index contributed by atoms with van der Waals surface area (Å²) < 4.78 is 37.7. The van der Waals surface area contributed by atoms with Gasteiger partial charge in [0.2, 0.25) is 10.0 Å². The van der Waals surface area contributed by atoms with Crippen molar-refractivity contribution < 1.29 is 22.7 Å². The van der Waals surface area contributed by atoms with Gasteiger partial charge < -0.3 is 14.4 Å². The molecule has 0 saturated carbocycles. The summed E-state index contributed by atoms with van der Waals surface area (Å²) in [5, 5.41) is 0. The van der Waals surface area contributed by atoms with E-state index in [2.05, 4.69) is 4.98 Å². The van der Waals surface area contributed by atoms with Crippen LogP contribution in [0.5, 0.6) is 0 Å². The van der Waals surface area contributed by atoms with E-state index in [0.29, 0.717) is 37.8 Å². The molecule has 1 amide bonds. The van der Waals surface area contributed by atoms with Crippen molar-refractivity contribution in [3.8, 4) is 0 Å². The van der Waals surface area contributed by atoms with Crippen molar-refractivity contribution in [2.24, 2.45) is 5.92 Å². The summed E-state index contributed by atoms with van der Waals surface area (Å²) >= 11 is 0. The lowest BCUT2D eigenvalue weighted by Gasteiger charge is -2.35. The third-order valence-electron chi connectivity index (χ3n) is 5.52. The Labute approximate surface area is 185 Å². The Balaban J connectivity index is 1.53. The Morgan fingerprint density at radius 3 is 2.42 bits per heavy atom. The van der Waals surface area contributed by atoms with Gasteiger partial charge in [0.05, 0.1) is 25.4 Å². The predicted molar refractivity (Wildman–Crippen MR) is 118 cm³/mol. The van der Waals surface area contributed by atoms with Crippen molar-refractivity contribution in [3.63, 3.8) is 0 Å². The minimum absolute atomic E-state index is 0.225. The van der Waals surface area contributed by atoms with E-state index >= 15 is 0 Å². The van der Waals surface area contributed by atoms with Gasteiger partial charge in [-0.1, -0.05) is 0 Å². The molecule has 0 radical (unpaired) electrons. The number of hydrogen-bond acceptors (Lipinski definition) is 6. The van der Waals surface area contributed by atoms with Gasteiger partial charge in [0.1, 0.15) is 11.4 Å². The summed E-state index contributed by atoms with van der Waals surface area (Å²) in [4.78, 5) is 18.0. The van der Waals surface area contributed by atoms with Crippen LogP contribution in [0, 0.1) is 5.92 Å². The van der Waals surface area contributed by atoms with Crippen LogP contribution in [-0.4, -0.2) is 66.8 Å². The van der Waals surface area contributed by atoms with Crippen molar-refractivity contribution in [2.75, 3.05) is 32.5 Å². The molecule has 3 rings (SSSR count). The van der Waals surface area contributed by atoms with Crippen molar-refractivity contribution >= 4 is 16.1 Å². The Morgan fingerprint density at radius 1 is 1.19 bits per heavy atom. The molecule has 0 aliphatic carbocycles. The van der Waals surface area contributed by atoms with Crippen molar-refractivity contribution in [3.05, 3.63) is 41.9 Å². The van der Waals surface area contributed by atoms with Crippen LogP contribution < -0.4 is 0 Å². The van der Waals surface area contributed by atoms with Crippen LogP contribution in [0.15, 0.2) is 36.4 Å². The Bertz CT molecular complexity index is 887. The second kappa shape index (κ2) is 9.56. The molecular weight excluding hydrogens is 418 g/mol. The number of carbonyl (C=O) groups is 1. The first-order valence-corrected chi connectivity index (χ1v) is 12.5. The average molecular weight is 452 g/mol. The molecular formula is C22H33N3O5S. The summed E-state index contributed by atoms with van der Waals surface area (Å²) in [5.41, 5.74) is 0.426. The highest BCUT2D eigenvalue weighted by Gasteiger charge is 2.33. The van der Waals surface area contributed by atoms with Gasteiger partial charge in [-0.2, -0.15) is 4.31 Å². The van der Waals surface area contributed by atoms with Crippen LogP contribution >= 0.6 is 0 Å². The highest BCUT2D eigenvalue weighted by Crippen LogP contribution is 2.32. The van der Waals surface area contributed by atoms with E-state index in [-0.39, 0.29) is 18.7 Å². The van der Waals surface area contributed by atoms with E-state index in [9.17, 15) is 13.2 Å². The fraction of sp³-hybridized carbons (Fsp3) is 0.636. The normalized spacial score (nSPS) is 21.5. The van der Waals surface area contributed by atoms with E-state index in [1.165, 1.54) is 10.6 Å². The molecule has 1 aromatic heterocycles. The zero-order valence-electron chi connectivity index (χ0n) is 18.8. The second-order valence-corrected chi connectivity index (χ2v) is 11.2. The van der Waals surface area contributed by atoms with Gasteiger partial charge in [0.15, 0.2) is 0 Å². The SMILES string of the molecule is CC(C)(C)OC(=O)N1CCC(COC2=CCC(c3ccncc3)N(S(C)(=O)=O)C2)CC1. The topological polar surface area (TPSA) is 89.0 Å². The van der Waals surface area contributed by atoms with Gasteiger partial charge in [-0.25, -0.2) is 13.2 Å². The number of likely N-dealkylation sites (tertiary alicyclic amines) is 1. The predicted octanol–water partition coefficient (Wildman–Crippen LogP) is 3.34. The number of ether oxygens (including phenoxy) is 2. The number of sulfonamides is 1. The zero-order valence-corrected chi connectivity index (χ0v) is 19.6. The van der Waals surface area contributed by atoms with Gasteiger partial charge in [0.25, 0.3) is 0 Å². The molecule has 9 heteroatoms. The number of pyridine rings is 1. The lowest BCUT2D eigenvalue weighted by atomic mass is 9.98. The fourth-order valence-corrected chi connectivity index (χ4v) is 4.90. The molecule has 0 spiro atoms. The van der Waals surface area contributed by atoms with Crippen LogP contribution in [0.3, 0.4) is 0 Å². The van der Waals surface area contributed by atoms with Crippen LogP contribution in [0.4, 0.5) is 4.79 Å². The van der Waals surface area contributed by atoms with Crippen molar-refractivity contribution in [2.45, 2.75) is 51.7 Å². The minimum atomic E-state index is -3.40. The summed E-state index contributed by atoms with van der Waals surface area (Å²) in [6.45, 7) is 7.62. The summed E-state index contributed by atoms with van der Waals surface area (Å²) in [7, 11) is -3.40. The first-order valence-electron chi connectivity index (χ1n) is 10.7.